The first-order valence-corrected chi connectivity index (χ1v) is 14.2. The Morgan fingerprint density at radius 3 is 2.45 bits per heavy atom. The third kappa shape index (κ3) is 5.03. The summed E-state index contributed by atoms with van der Waals surface area (Å²) in [5.74, 6) is 1.02. The lowest BCUT2D eigenvalue weighted by atomic mass is 9.81. The number of rotatable bonds is 7. The number of carbonyl (C=O) groups is 2. The summed E-state index contributed by atoms with van der Waals surface area (Å²) in [5, 5.41) is 0. The van der Waals surface area contributed by atoms with Crippen LogP contribution in [0.2, 0.25) is 0 Å². The van der Waals surface area contributed by atoms with Crippen molar-refractivity contribution in [2.45, 2.75) is 51.5 Å². The van der Waals surface area contributed by atoms with Crippen LogP contribution in [0.25, 0.3) is 0 Å². The number of ketones is 1. The summed E-state index contributed by atoms with van der Waals surface area (Å²) < 4.78 is 4.81. The van der Waals surface area contributed by atoms with E-state index in [0.717, 1.165) is 29.8 Å². The van der Waals surface area contributed by atoms with Crippen molar-refractivity contribution >= 4 is 33.3 Å². The molecule has 2 aliphatic rings. The molecule has 2 unspecified atom stereocenters. The Bertz CT molecular complexity index is 1540. The summed E-state index contributed by atoms with van der Waals surface area (Å²) in [4.78, 5) is 31.2. The van der Waals surface area contributed by atoms with Crippen LogP contribution in [-0.4, -0.2) is 33.9 Å². The van der Waals surface area contributed by atoms with Crippen LogP contribution in [0, 0.1) is 6.92 Å². The Balaban J connectivity index is 0.00000323. The molecule has 2 aliphatic heterocycles. The van der Waals surface area contributed by atoms with Gasteiger partial charge in [-0.3, -0.25) is 9.59 Å². The van der Waals surface area contributed by atoms with Crippen LogP contribution in [0.1, 0.15) is 40.7 Å². The molecule has 0 radical (unpaired) electrons. The van der Waals surface area contributed by atoms with E-state index in [-0.39, 0.29) is 53.3 Å². The molecule has 0 saturated carbocycles. The first kappa shape index (κ1) is 28.3. The number of aromatic nitrogens is 2. The van der Waals surface area contributed by atoms with E-state index in [1.165, 1.54) is 16.8 Å². The van der Waals surface area contributed by atoms with E-state index in [0.29, 0.717) is 5.56 Å². The number of hydrogen-bond acceptors (Lipinski definition) is 3. The maximum absolute atomic E-state index is 13.9. The van der Waals surface area contributed by atoms with Gasteiger partial charge in [0, 0.05) is 41.2 Å². The van der Waals surface area contributed by atoms with Crippen molar-refractivity contribution in [3.05, 3.63) is 118 Å². The molecule has 1 amide bonds. The van der Waals surface area contributed by atoms with Crippen molar-refractivity contribution < 1.29 is 31.1 Å². The van der Waals surface area contributed by atoms with Gasteiger partial charge in [0.05, 0.1) is 0 Å². The van der Waals surface area contributed by atoms with Crippen molar-refractivity contribution in [3.8, 4) is 0 Å². The first-order chi connectivity index (χ1) is 18.8. The number of nitrogens with zero attached hydrogens (tertiary/aromatic N) is 4. The molecule has 2 atom stereocenters. The Labute approximate surface area is 254 Å². The summed E-state index contributed by atoms with van der Waals surface area (Å²) in [6, 6.07) is 26.5. The number of halogens is 2. The molecule has 6 nitrogen and oxygen atoms in total. The fourth-order valence-electron chi connectivity index (χ4n) is 6.28. The Morgan fingerprint density at radius 1 is 1.00 bits per heavy atom. The molecule has 0 N–H and O–H groups in total. The summed E-state index contributed by atoms with van der Waals surface area (Å²) in [7, 11) is 0. The van der Waals surface area contributed by atoms with E-state index >= 15 is 0 Å². The molecule has 1 aromatic heterocycles. The fourth-order valence-corrected chi connectivity index (χ4v) is 6.54. The molecular formula is C32H32Br2N4O2. The number of likely N-dealkylation sites (tertiary alicyclic amines) is 1. The lowest BCUT2D eigenvalue weighted by Crippen LogP contribution is -3.00. The first-order valence-electron chi connectivity index (χ1n) is 13.4. The molecule has 1 fully saturated rings. The molecule has 206 valence electrons. The number of amides is 1. The van der Waals surface area contributed by atoms with Crippen molar-refractivity contribution in [3.63, 3.8) is 0 Å². The molecular weight excluding hydrogens is 632 g/mol. The summed E-state index contributed by atoms with van der Waals surface area (Å²) in [6.07, 6.45) is 4.69. The van der Waals surface area contributed by atoms with Crippen molar-refractivity contribution in [2.24, 2.45) is 0 Å². The highest BCUT2D eigenvalue weighted by Crippen LogP contribution is 2.52. The zero-order valence-electron chi connectivity index (χ0n) is 22.6. The van der Waals surface area contributed by atoms with Crippen LogP contribution in [0.15, 0.2) is 95.7 Å². The van der Waals surface area contributed by atoms with Crippen molar-refractivity contribution in [1.82, 2.24) is 9.47 Å². The summed E-state index contributed by atoms with van der Waals surface area (Å²) in [5.41, 5.74) is 4.32. The summed E-state index contributed by atoms with van der Waals surface area (Å²) in [6.45, 7) is 6.22. The molecule has 3 heterocycles. The monoisotopic (exact) mass is 662 g/mol. The molecule has 0 bridgehead atoms. The SMILES string of the molecule is Cc1n(CC(=O)N2CCC3(C)c4ccccc4N(Cc4ccccc4)C23)cc[n+]1CC(=O)c1ccc(Br)cc1.[Br-]. The van der Waals surface area contributed by atoms with Gasteiger partial charge in [-0.2, -0.15) is 0 Å². The average molecular weight is 664 g/mol. The molecule has 0 aliphatic carbocycles. The second kappa shape index (κ2) is 11.3. The number of hydrogen-bond donors (Lipinski definition) is 0. The number of carbonyl (C=O) groups excluding carboxylic acids is 2. The number of fused-ring (bicyclic) bond motifs is 3. The van der Waals surface area contributed by atoms with E-state index in [2.05, 4.69) is 81.2 Å². The topological polar surface area (TPSA) is 49.4 Å². The van der Waals surface area contributed by atoms with Gasteiger partial charge in [0.25, 0.3) is 11.7 Å². The van der Waals surface area contributed by atoms with Crippen LogP contribution < -0.4 is 26.4 Å². The lowest BCUT2D eigenvalue weighted by molar-refractivity contribution is -0.688. The van der Waals surface area contributed by atoms with Gasteiger partial charge < -0.3 is 26.8 Å². The Hall–Kier alpha value is -3.23. The number of anilines is 1. The van der Waals surface area contributed by atoms with Crippen molar-refractivity contribution in [2.75, 3.05) is 11.4 Å². The average Bonchev–Trinajstić information content (AvgIpc) is 3.55. The standard InChI is InChI=1S/C32H32BrN4O2.BrH/c1-23-34(21-29(38)25-12-14-26(33)15-13-25)18-19-35(23)22-30(39)36-17-16-32(2)27-10-6-7-11-28(27)37(31(32)36)20-24-8-4-3-5-9-24;/h3-15,18-19,31H,16-17,20-22H2,1-2H3;1H/q+1;/p-1. The maximum atomic E-state index is 13.9. The lowest BCUT2D eigenvalue weighted by Gasteiger charge is -2.36. The number of benzene rings is 3. The van der Waals surface area contributed by atoms with Gasteiger partial charge in [-0.15, -0.1) is 0 Å². The van der Waals surface area contributed by atoms with Crippen LogP contribution in [0.5, 0.6) is 0 Å². The summed E-state index contributed by atoms with van der Waals surface area (Å²) >= 11 is 3.42. The largest absolute Gasteiger partial charge is 1.00 e. The van der Waals surface area contributed by atoms with Crippen LogP contribution in [-0.2, 0) is 29.8 Å². The third-order valence-corrected chi connectivity index (χ3v) is 8.95. The highest BCUT2D eigenvalue weighted by atomic mass is 79.9. The highest BCUT2D eigenvalue weighted by Gasteiger charge is 2.55. The van der Waals surface area contributed by atoms with E-state index in [1.54, 1.807) is 0 Å². The highest BCUT2D eigenvalue weighted by molar-refractivity contribution is 9.10. The fraction of sp³-hybridized carbons (Fsp3) is 0.281. The van der Waals surface area contributed by atoms with Gasteiger partial charge in [0.15, 0.2) is 13.1 Å². The zero-order chi connectivity index (χ0) is 27.1. The predicted molar refractivity (Wildman–Crippen MR) is 154 cm³/mol. The van der Waals surface area contributed by atoms with Gasteiger partial charge >= 0.3 is 0 Å². The quantitative estimate of drug-likeness (QED) is 0.225. The second-order valence-electron chi connectivity index (χ2n) is 10.8. The molecule has 4 aromatic rings. The van der Waals surface area contributed by atoms with Crippen molar-refractivity contribution in [1.29, 1.82) is 0 Å². The van der Waals surface area contributed by atoms with Gasteiger partial charge in [-0.05, 0) is 35.7 Å². The second-order valence-corrected chi connectivity index (χ2v) is 11.7. The predicted octanol–water partition coefficient (Wildman–Crippen LogP) is 2.27. The molecule has 8 heteroatoms. The normalized spacial score (nSPS) is 19.2. The smallest absolute Gasteiger partial charge is 0.266 e. The van der Waals surface area contributed by atoms with Crippen LogP contribution >= 0.6 is 15.9 Å². The minimum atomic E-state index is -0.121. The number of Topliss-reactive ketones (excluding diaryl/α,β-unsaturated/α-hetero) is 1. The van der Waals surface area contributed by atoms with Gasteiger partial charge in [-0.1, -0.05) is 83.5 Å². The number of imidazole rings is 1. The molecule has 1 saturated heterocycles. The van der Waals surface area contributed by atoms with Gasteiger partial charge in [-0.25, -0.2) is 9.13 Å². The number of para-hydroxylation sites is 1. The Morgan fingerprint density at radius 2 is 1.70 bits per heavy atom. The molecule has 0 spiro atoms. The van der Waals surface area contributed by atoms with E-state index in [9.17, 15) is 9.59 Å². The van der Waals surface area contributed by atoms with Crippen LogP contribution in [0.3, 0.4) is 0 Å². The van der Waals surface area contributed by atoms with Gasteiger partial charge in [0.1, 0.15) is 18.6 Å². The minimum absolute atomic E-state index is 0. The maximum Gasteiger partial charge on any atom is 0.266 e. The van der Waals surface area contributed by atoms with E-state index in [4.69, 9.17) is 0 Å². The molecule has 3 aromatic carbocycles. The Kier molecular flexibility index (Phi) is 8.02. The van der Waals surface area contributed by atoms with E-state index in [1.807, 2.05) is 58.8 Å². The van der Waals surface area contributed by atoms with Gasteiger partial charge in [0.2, 0.25) is 5.78 Å². The van der Waals surface area contributed by atoms with Crippen LogP contribution in [0.4, 0.5) is 5.69 Å². The minimum Gasteiger partial charge on any atom is -1.00 e. The third-order valence-electron chi connectivity index (χ3n) is 8.42. The zero-order valence-corrected chi connectivity index (χ0v) is 25.8. The molecule has 40 heavy (non-hydrogen) atoms. The van der Waals surface area contributed by atoms with E-state index < -0.39 is 0 Å². The molecule has 6 rings (SSSR count).